The lowest BCUT2D eigenvalue weighted by Crippen LogP contribution is -2.40. The highest BCUT2D eigenvalue weighted by atomic mass is 16.7. The topological polar surface area (TPSA) is 88.1 Å². The molecule has 28 heavy (non-hydrogen) atoms. The number of hydrogen-bond acceptors (Lipinski definition) is 7. The minimum atomic E-state index is -1.15. The van der Waals surface area contributed by atoms with Crippen LogP contribution in [0.3, 0.4) is 0 Å². The van der Waals surface area contributed by atoms with Crippen molar-refractivity contribution in [3.8, 4) is 0 Å². The lowest BCUT2D eigenvalue weighted by molar-refractivity contribution is -0.166. The molecule has 2 atom stereocenters. The van der Waals surface area contributed by atoms with Crippen molar-refractivity contribution in [2.24, 2.45) is 0 Å². The third-order valence-corrected chi connectivity index (χ3v) is 3.94. The first-order valence-electron chi connectivity index (χ1n) is 8.52. The molecule has 7 nitrogen and oxygen atoms in total. The lowest BCUT2D eigenvalue weighted by Gasteiger charge is -2.26. The average Bonchev–Trinajstić information content (AvgIpc) is 2.75. The molecule has 1 aliphatic rings. The molecule has 0 amide bonds. The first-order valence-corrected chi connectivity index (χ1v) is 8.52. The van der Waals surface area contributed by atoms with E-state index in [2.05, 4.69) is 0 Å². The molecule has 2 unspecified atom stereocenters. The molecule has 0 aliphatic carbocycles. The molecule has 1 aliphatic heterocycles. The van der Waals surface area contributed by atoms with Crippen molar-refractivity contribution >= 4 is 17.7 Å². The van der Waals surface area contributed by atoms with Crippen molar-refractivity contribution in [1.29, 1.82) is 0 Å². The highest BCUT2D eigenvalue weighted by Gasteiger charge is 2.35. The number of benzene rings is 2. The molecule has 144 valence electrons. The zero-order valence-corrected chi connectivity index (χ0v) is 15.1. The summed E-state index contributed by atoms with van der Waals surface area (Å²) in [6, 6.07) is 16.6. The van der Waals surface area contributed by atoms with Gasteiger partial charge in [-0.25, -0.2) is 9.59 Å². The van der Waals surface area contributed by atoms with Gasteiger partial charge < -0.3 is 18.9 Å². The summed E-state index contributed by atoms with van der Waals surface area (Å²) in [5, 5.41) is 0. The van der Waals surface area contributed by atoms with Crippen LogP contribution in [-0.4, -0.2) is 43.8 Å². The molecule has 0 saturated carbocycles. The lowest BCUT2D eigenvalue weighted by atomic mass is 10.1. The maximum Gasteiger partial charge on any atom is 0.343 e. The second-order valence-corrected chi connectivity index (χ2v) is 5.84. The van der Waals surface area contributed by atoms with E-state index in [0.29, 0.717) is 11.1 Å². The molecule has 0 bridgehead atoms. The monoisotopic (exact) mass is 382 g/mol. The van der Waals surface area contributed by atoms with E-state index in [1.165, 1.54) is 13.2 Å². The van der Waals surface area contributed by atoms with E-state index in [-0.39, 0.29) is 12.4 Å². The van der Waals surface area contributed by atoms with Gasteiger partial charge in [0.25, 0.3) is 0 Å². The molecule has 0 fully saturated rings. The summed E-state index contributed by atoms with van der Waals surface area (Å²) < 4.78 is 20.9. The van der Waals surface area contributed by atoms with E-state index in [1.54, 1.807) is 60.7 Å². The average molecular weight is 382 g/mol. The first-order chi connectivity index (χ1) is 13.6. The highest BCUT2D eigenvalue weighted by Crippen LogP contribution is 2.20. The smallest absolute Gasteiger partial charge is 0.343 e. The van der Waals surface area contributed by atoms with Crippen LogP contribution in [0.25, 0.3) is 0 Å². The first kappa shape index (κ1) is 19.5. The van der Waals surface area contributed by atoms with E-state index >= 15 is 0 Å². The van der Waals surface area contributed by atoms with Gasteiger partial charge in [-0.15, -0.1) is 0 Å². The second-order valence-electron chi connectivity index (χ2n) is 5.84. The quantitative estimate of drug-likeness (QED) is 0.710. The third-order valence-electron chi connectivity index (χ3n) is 3.94. The summed E-state index contributed by atoms with van der Waals surface area (Å²) in [7, 11) is 1.38. The van der Waals surface area contributed by atoms with Crippen LogP contribution < -0.4 is 0 Å². The van der Waals surface area contributed by atoms with E-state index in [4.69, 9.17) is 18.9 Å². The van der Waals surface area contributed by atoms with Crippen LogP contribution in [0, 0.1) is 0 Å². The van der Waals surface area contributed by atoms with Crippen LogP contribution in [0.2, 0.25) is 0 Å². The van der Waals surface area contributed by atoms with Gasteiger partial charge in [-0.3, -0.25) is 4.79 Å². The van der Waals surface area contributed by atoms with Gasteiger partial charge in [-0.05, 0) is 24.3 Å². The molecule has 2 aromatic carbocycles. The highest BCUT2D eigenvalue weighted by molar-refractivity contribution is 6.02. The normalized spacial score (nSPS) is 18.9. The van der Waals surface area contributed by atoms with Gasteiger partial charge in [0.2, 0.25) is 5.78 Å². The number of methoxy groups -OCH3 is 1. The molecule has 0 N–H and O–H groups in total. The van der Waals surface area contributed by atoms with Crippen molar-refractivity contribution in [3.63, 3.8) is 0 Å². The SMILES string of the molecule is COC1C=C(OC(=O)c2ccccc2)C(=O)C(COC(=O)c2ccccc2)O1. The molecule has 0 radical (unpaired) electrons. The van der Waals surface area contributed by atoms with Crippen molar-refractivity contribution in [2.45, 2.75) is 12.4 Å². The fourth-order valence-electron chi connectivity index (χ4n) is 2.49. The van der Waals surface area contributed by atoms with Crippen molar-refractivity contribution in [2.75, 3.05) is 13.7 Å². The zero-order valence-electron chi connectivity index (χ0n) is 15.1. The Labute approximate surface area is 161 Å². The summed E-state index contributed by atoms with van der Waals surface area (Å²) in [6.07, 6.45) is -0.809. The minimum absolute atomic E-state index is 0.215. The Hall–Kier alpha value is -3.29. The Bertz CT molecular complexity index is 874. The van der Waals surface area contributed by atoms with Crippen LogP contribution in [-0.2, 0) is 23.7 Å². The molecule has 2 aromatic rings. The summed E-state index contributed by atoms with van der Waals surface area (Å²) in [5.74, 6) is -2.11. The van der Waals surface area contributed by atoms with Crippen LogP contribution in [0.1, 0.15) is 20.7 Å². The molecular formula is C21H18O7. The van der Waals surface area contributed by atoms with Crippen molar-refractivity contribution in [3.05, 3.63) is 83.6 Å². The number of esters is 2. The Morgan fingerprint density at radius 2 is 1.50 bits per heavy atom. The largest absolute Gasteiger partial charge is 0.459 e. The Morgan fingerprint density at radius 3 is 2.07 bits per heavy atom. The number of carbonyl (C=O) groups is 3. The summed E-state index contributed by atoms with van der Waals surface area (Å²) in [6.45, 7) is -0.341. The molecule has 0 saturated heterocycles. The number of carbonyl (C=O) groups excluding carboxylic acids is 3. The van der Waals surface area contributed by atoms with Crippen LogP contribution >= 0.6 is 0 Å². The van der Waals surface area contributed by atoms with E-state index in [0.717, 1.165) is 0 Å². The van der Waals surface area contributed by atoms with Crippen LogP contribution in [0.5, 0.6) is 0 Å². The van der Waals surface area contributed by atoms with Gasteiger partial charge in [0.15, 0.2) is 18.2 Å². The summed E-state index contributed by atoms with van der Waals surface area (Å²) in [4.78, 5) is 36.9. The van der Waals surface area contributed by atoms with E-state index in [1.807, 2.05) is 0 Å². The molecular weight excluding hydrogens is 364 g/mol. The van der Waals surface area contributed by atoms with Gasteiger partial charge in [0.05, 0.1) is 11.1 Å². The van der Waals surface area contributed by atoms with Gasteiger partial charge in [-0.2, -0.15) is 0 Å². The van der Waals surface area contributed by atoms with Crippen LogP contribution in [0.15, 0.2) is 72.5 Å². The number of hydrogen-bond donors (Lipinski definition) is 0. The summed E-state index contributed by atoms with van der Waals surface area (Å²) in [5.41, 5.74) is 0.643. The molecule has 0 aromatic heterocycles. The third kappa shape index (κ3) is 4.70. The number of ether oxygens (including phenoxy) is 4. The fraction of sp³-hybridized carbons (Fsp3) is 0.190. The molecule has 0 spiro atoms. The van der Waals surface area contributed by atoms with Gasteiger partial charge >= 0.3 is 11.9 Å². The zero-order chi connectivity index (χ0) is 19.9. The molecule has 3 rings (SSSR count). The Kier molecular flexibility index (Phi) is 6.31. The standard InChI is InChI=1S/C21H18O7/c1-25-18-12-16(28-21(24)15-10-6-3-7-11-15)19(22)17(27-18)13-26-20(23)14-8-4-2-5-9-14/h2-12,17-18H,13H2,1H3. The van der Waals surface area contributed by atoms with E-state index in [9.17, 15) is 14.4 Å². The molecule has 1 heterocycles. The summed E-state index contributed by atoms with van der Waals surface area (Å²) >= 11 is 0. The number of rotatable bonds is 6. The number of Topliss-reactive ketones (excluding diaryl/α,β-unsaturated/α-hetero) is 1. The number of ketones is 1. The van der Waals surface area contributed by atoms with Gasteiger partial charge in [-0.1, -0.05) is 36.4 Å². The second kappa shape index (κ2) is 9.07. The van der Waals surface area contributed by atoms with Crippen molar-refractivity contribution in [1.82, 2.24) is 0 Å². The van der Waals surface area contributed by atoms with Crippen molar-refractivity contribution < 1.29 is 33.3 Å². The fourth-order valence-corrected chi connectivity index (χ4v) is 2.49. The Balaban J connectivity index is 1.67. The van der Waals surface area contributed by atoms with Crippen LogP contribution in [0.4, 0.5) is 0 Å². The Morgan fingerprint density at radius 1 is 0.929 bits per heavy atom. The van der Waals surface area contributed by atoms with Gasteiger partial charge in [0, 0.05) is 13.2 Å². The minimum Gasteiger partial charge on any atom is -0.459 e. The van der Waals surface area contributed by atoms with Gasteiger partial charge in [0.1, 0.15) is 6.61 Å². The molecule has 7 heteroatoms. The predicted molar refractivity (Wildman–Crippen MR) is 97.3 cm³/mol. The maximum absolute atomic E-state index is 12.6. The van der Waals surface area contributed by atoms with E-state index < -0.39 is 30.1 Å². The predicted octanol–water partition coefficient (Wildman–Crippen LogP) is 2.52. The maximum atomic E-state index is 12.6.